The Morgan fingerprint density at radius 2 is 2.30 bits per heavy atom. The molecule has 0 aliphatic carbocycles. The predicted molar refractivity (Wildman–Crippen MR) is 84.1 cm³/mol. The average Bonchev–Trinajstić information content (AvgIpc) is 2.98. The second-order valence-corrected chi connectivity index (χ2v) is 5.58. The molecule has 3 rings (SSSR count). The number of H-pyrrole nitrogens is 1. The number of carbonyl (C=O) groups excluding carboxylic acids is 1. The largest absolute Gasteiger partial charge is 0.350 e. The highest BCUT2D eigenvalue weighted by Crippen LogP contribution is 2.16. The quantitative estimate of drug-likeness (QED) is 0.893. The van der Waals surface area contributed by atoms with Crippen LogP contribution in [0.15, 0.2) is 35.4 Å². The van der Waals surface area contributed by atoms with Crippen molar-refractivity contribution in [2.75, 3.05) is 18.0 Å². The molecule has 0 spiro atoms. The Bertz CT molecular complexity index is 790. The monoisotopic (exact) mass is 316 g/mol. The molecule has 1 aromatic heterocycles. The molecular weight excluding hydrogens is 299 g/mol. The maximum atomic E-state index is 14.0. The van der Waals surface area contributed by atoms with Crippen molar-refractivity contribution >= 4 is 11.7 Å². The number of aromatic nitrogens is 2. The number of rotatable bonds is 3. The number of halogens is 1. The number of nitrogens with zero attached hydrogens (tertiary/aromatic N) is 2. The summed E-state index contributed by atoms with van der Waals surface area (Å²) >= 11 is 0. The van der Waals surface area contributed by atoms with E-state index in [0.717, 1.165) is 0 Å². The minimum absolute atomic E-state index is 0.0409. The molecule has 1 aliphatic heterocycles. The van der Waals surface area contributed by atoms with Crippen molar-refractivity contribution < 1.29 is 9.18 Å². The van der Waals surface area contributed by atoms with Gasteiger partial charge in [0.1, 0.15) is 5.82 Å². The lowest BCUT2D eigenvalue weighted by Gasteiger charge is -2.17. The summed E-state index contributed by atoms with van der Waals surface area (Å²) in [6, 6.07) is 4.59. The number of hydrogen-bond donors (Lipinski definition) is 2. The van der Waals surface area contributed by atoms with Gasteiger partial charge in [0.15, 0.2) is 5.82 Å². The van der Waals surface area contributed by atoms with Crippen LogP contribution in [0.1, 0.15) is 22.3 Å². The fraction of sp³-hybridized carbons (Fsp3) is 0.312. The van der Waals surface area contributed by atoms with Crippen LogP contribution >= 0.6 is 0 Å². The minimum Gasteiger partial charge on any atom is -0.350 e. The summed E-state index contributed by atoms with van der Waals surface area (Å²) < 4.78 is 14.0. The highest BCUT2D eigenvalue weighted by atomic mass is 19.1. The van der Waals surface area contributed by atoms with Gasteiger partial charge >= 0.3 is 0 Å². The van der Waals surface area contributed by atoms with Gasteiger partial charge in [0.25, 0.3) is 11.5 Å². The van der Waals surface area contributed by atoms with Gasteiger partial charge in [-0.05, 0) is 25.0 Å². The predicted octanol–water partition coefficient (Wildman–Crippen LogP) is 1.23. The van der Waals surface area contributed by atoms with Crippen LogP contribution in [0.5, 0.6) is 0 Å². The van der Waals surface area contributed by atoms with Crippen molar-refractivity contribution in [3.8, 4) is 0 Å². The highest BCUT2D eigenvalue weighted by molar-refractivity contribution is 5.94. The van der Waals surface area contributed by atoms with Gasteiger partial charge in [-0.1, -0.05) is 12.1 Å². The molecule has 1 atom stereocenters. The van der Waals surface area contributed by atoms with Gasteiger partial charge in [-0.2, -0.15) is 0 Å². The number of amides is 1. The molecule has 1 fully saturated rings. The first kappa shape index (κ1) is 15.2. The van der Waals surface area contributed by atoms with Gasteiger partial charge < -0.3 is 15.2 Å². The third-order valence-electron chi connectivity index (χ3n) is 3.95. The number of benzene rings is 1. The van der Waals surface area contributed by atoms with E-state index in [4.69, 9.17) is 0 Å². The van der Waals surface area contributed by atoms with Crippen molar-refractivity contribution in [2.24, 2.45) is 0 Å². The number of aromatic amines is 1. The lowest BCUT2D eigenvalue weighted by molar-refractivity contribution is 0.0936. The molecule has 2 aromatic rings. The highest BCUT2D eigenvalue weighted by Gasteiger charge is 2.27. The van der Waals surface area contributed by atoms with Crippen LogP contribution in [0, 0.1) is 12.7 Å². The Morgan fingerprint density at radius 1 is 1.48 bits per heavy atom. The standard InChI is InChI=1S/C16H17FN4O2/c1-10-3-2-4-12(13(10)17)15(22)20-11-5-8-21(9-11)14-16(23)19-7-6-18-14/h2-4,6-7,11H,5,8-9H2,1H3,(H,19,23)(H,20,22). The molecule has 1 amide bonds. The van der Waals surface area contributed by atoms with Crippen LogP contribution in [-0.4, -0.2) is 35.0 Å². The summed E-state index contributed by atoms with van der Waals surface area (Å²) in [4.78, 5) is 32.4. The van der Waals surface area contributed by atoms with Crippen LogP contribution in [0.2, 0.25) is 0 Å². The number of carbonyl (C=O) groups is 1. The summed E-state index contributed by atoms with van der Waals surface area (Å²) in [7, 11) is 0. The number of aryl methyl sites for hydroxylation is 1. The van der Waals surface area contributed by atoms with E-state index >= 15 is 0 Å². The molecule has 1 aromatic carbocycles. The zero-order valence-corrected chi connectivity index (χ0v) is 12.7. The van der Waals surface area contributed by atoms with Crippen molar-refractivity contribution in [3.05, 3.63) is 57.9 Å². The SMILES string of the molecule is Cc1cccc(C(=O)NC2CCN(c3ncc[nH]c3=O)C2)c1F. The topological polar surface area (TPSA) is 78.1 Å². The van der Waals surface area contributed by atoms with Gasteiger partial charge in [-0.15, -0.1) is 0 Å². The van der Waals surface area contributed by atoms with Crippen molar-refractivity contribution in [1.82, 2.24) is 15.3 Å². The molecule has 1 saturated heterocycles. The second-order valence-electron chi connectivity index (χ2n) is 5.58. The van der Waals surface area contributed by atoms with E-state index in [9.17, 15) is 14.0 Å². The number of anilines is 1. The van der Waals surface area contributed by atoms with Crippen LogP contribution in [0.4, 0.5) is 10.2 Å². The van der Waals surface area contributed by atoms with Gasteiger partial charge in [0.05, 0.1) is 5.56 Å². The molecule has 120 valence electrons. The Labute approximate surface area is 132 Å². The van der Waals surface area contributed by atoms with E-state index in [0.29, 0.717) is 30.9 Å². The lowest BCUT2D eigenvalue weighted by atomic mass is 10.1. The first-order chi connectivity index (χ1) is 11.1. The summed E-state index contributed by atoms with van der Waals surface area (Å²) in [5, 5.41) is 2.82. The molecule has 0 bridgehead atoms. The molecule has 7 heteroatoms. The van der Waals surface area contributed by atoms with Crippen molar-refractivity contribution in [3.63, 3.8) is 0 Å². The third kappa shape index (κ3) is 3.08. The zero-order chi connectivity index (χ0) is 16.4. The Hall–Kier alpha value is -2.70. The Kier molecular flexibility index (Phi) is 4.10. The van der Waals surface area contributed by atoms with E-state index < -0.39 is 11.7 Å². The molecular formula is C16H17FN4O2. The van der Waals surface area contributed by atoms with Crippen molar-refractivity contribution in [2.45, 2.75) is 19.4 Å². The van der Waals surface area contributed by atoms with E-state index in [1.807, 2.05) is 4.90 Å². The average molecular weight is 316 g/mol. The Morgan fingerprint density at radius 3 is 3.09 bits per heavy atom. The second kappa shape index (κ2) is 6.20. The first-order valence-electron chi connectivity index (χ1n) is 7.41. The summed E-state index contributed by atoms with van der Waals surface area (Å²) in [6.07, 6.45) is 3.67. The normalized spacial score (nSPS) is 17.3. The van der Waals surface area contributed by atoms with Gasteiger partial charge in [-0.25, -0.2) is 9.37 Å². The molecule has 0 saturated carbocycles. The minimum atomic E-state index is -0.499. The van der Waals surface area contributed by atoms with Crippen LogP contribution in [0.25, 0.3) is 0 Å². The van der Waals surface area contributed by atoms with E-state index in [-0.39, 0.29) is 17.2 Å². The first-order valence-corrected chi connectivity index (χ1v) is 7.41. The third-order valence-corrected chi connectivity index (χ3v) is 3.95. The summed E-state index contributed by atoms with van der Waals surface area (Å²) in [5.41, 5.74) is 0.217. The molecule has 2 N–H and O–H groups in total. The smallest absolute Gasteiger partial charge is 0.290 e. The van der Waals surface area contributed by atoms with Gasteiger partial charge in [0, 0.05) is 31.5 Å². The zero-order valence-electron chi connectivity index (χ0n) is 12.7. The fourth-order valence-corrected chi connectivity index (χ4v) is 2.73. The van der Waals surface area contributed by atoms with E-state index in [2.05, 4.69) is 15.3 Å². The van der Waals surface area contributed by atoms with Crippen LogP contribution in [0.3, 0.4) is 0 Å². The summed E-state index contributed by atoms with van der Waals surface area (Å²) in [5.74, 6) is -0.597. The fourth-order valence-electron chi connectivity index (χ4n) is 2.73. The molecule has 23 heavy (non-hydrogen) atoms. The lowest BCUT2D eigenvalue weighted by Crippen LogP contribution is -2.38. The molecule has 1 unspecified atom stereocenters. The Balaban J connectivity index is 1.68. The van der Waals surface area contributed by atoms with Crippen molar-refractivity contribution in [1.29, 1.82) is 0 Å². The van der Waals surface area contributed by atoms with Crippen LogP contribution in [-0.2, 0) is 0 Å². The van der Waals surface area contributed by atoms with E-state index in [1.54, 1.807) is 19.1 Å². The maximum absolute atomic E-state index is 14.0. The molecule has 2 heterocycles. The number of nitrogens with one attached hydrogen (secondary N) is 2. The van der Waals surface area contributed by atoms with Gasteiger partial charge in [-0.3, -0.25) is 9.59 Å². The maximum Gasteiger partial charge on any atom is 0.290 e. The van der Waals surface area contributed by atoms with Gasteiger partial charge in [0.2, 0.25) is 0 Å². The molecule has 6 nitrogen and oxygen atoms in total. The summed E-state index contributed by atoms with van der Waals surface area (Å²) in [6.45, 7) is 2.71. The molecule has 1 aliphatic rings. The molecule has 0 radical (unpaired) electrons. The number of hydrogen-bond acceptors (Lipinski definition) is 4. The van der Waals surface area contributed by atoms with Crippen LogP contribution < -0.4 is 15.8 Å². The van der Waals surface area contributed by atoms with E-state index in [1.165, 1.54) is 18.5 Å².